The molecule has 0 aromatic heterocycles. The number of hydrogen-bond acceptors (Lipinski definition) is 2. The molecule has 0 saturated heterocycles. The van der Waals surface area contributed by atoms with Crippen LogP contribution in [0.3, 0.4) is 0 Å². The molecular weight excluding hydrogens is 343 g/mol. The minimum atomic E-state index is -0.292. The van der Waals surface area contributed by atoms with Crippen molar-refractivity contribution in [1.82, 2.24) is 10.6 Å². The van der Waals surface area contributed by atoms with Crippen LogP contribution >= 0.6 is 0 Å². The van der Waals surface area contributed by atoms with Crippen LogP contribution in [-0.4, -0.2) is 24.9 Å². The fourth-order valence-corrected chi connectivity index (χ4v) is 2.96. The normalized spacial score (nSPS) is 10.6. The van der Waals surface area contributed by atoms with Gasteiger partial charge in [-0.25, -0.2) is 4.39 Å². The minimum Gasteiger partial charge on any atom is -0.354 e. The Morgan fingerprint density at radius 1 is 0.852 bits per heavy atom. The molecule has 0 spiro atoms. The van der Waals surface area contributed by atoms with Crippen LogP contribution in [0.1, 0.15) is 11.1 Å². The van der Waals surface area contributed by atoms with Gasteiger partial charge in [0.2, 0.25) is 11.8 Å². The first kappa shape index (κ1) is 18.6. The van der Waals surface area contributed by atoms with E-state index in [1.54, 1.807) is 12.1 Å². The van der Waals surface area contributed by atoms with E-state index in [-0.39, 0.29) is 30.6 Å². The van der Waals surface area contributed by atoms with Gasteiger partial charge in [-0.15, -0.1) is 0 Å². The third kappa shape index (κ3) is 5.38. The summed E-state index contributed by atoms with van der Waals surface area (Å²) < 4.78 is 13.1. The summed E-state index contributed by atoms with van der Waals surface area (Å²) in [7, 11) is 0. The molecule has 3 aromatic carbocycles. The molecule has 138 valence electrons. The number of carbonyl (C=O) groups is 2. The zero-order valence-electron chi connectivity index (χ0n) is 14.9. The lowest BCUT2D eigenvalue weighted by molar-refractivity contribution is -0.125. The van der Waals surface area contributed by atoms with Crippen molar-refractivity contribution in [2.24, 2.45) is 0 Å². The van der Waals surface area contributed by atoms with E-state index in [0.717, 1.165) is 21.9 Å². The first-order valence-electron chi connectivity index (χ1n) is 8.86. The van der Waals surface area contributed by atoms with Crippen molar-refractivity contribution in [1.29, 1.82) is 0 Å². The lowest BCUT2D eigenvalue weighted by Crippen LogP contribution is -2.38. The van der Waals surface area contributed by atoms with Crippen LogP contribution in [0.4, 0.5) is 4.39 Å². The van der Waals surface area contributed by atoms with Gasteiger partial charge >= 0.3 is 0 Å². The van der Waals surface area contributed by atoms with Crippen LogP contribution < -0.4 is 10.6 Å². The molecule has 27 heavy (non-hydrogen) atoms. The van der Waals surface area contributed by atoms with Crippen molar-refractivity contribution in [2.45, 2.75) is 12.8 Å². The predicted molar refractivity (Wildman–Crippen MR) is 104 cm³/mol. The number of fused-ring (bicyclic) bond motifs is 1. The molecule has 5 heteroatoms. The highest BCUT2D eigenvalue weighted by Gasteiger charge is 2.08. The van der Waals surface area contributed by atoms with Crippen LogP contribution in [0.2, 0.25) is 0 Å². The second-order valence-electron chi connectivity index (χ2n) is 6.32. The lowest BCUT2D eigenvalue weighted by Gasteiger charge is -2.09. The Kier molecular flexibility index (Phi) is 6.15. The highest BCUT2D eigenvalue weighted by molar-refractivity contribution is 5.91. The monoisotopic (exact) mass is 364 g/mol. The number of nitrogens with one attached hydrogen (secondary N) is 2. The van der Waals surface area contributed by atoms with Gasteiger partial charge < -0.3 is 10.6 Å². The fraction of sp³-hybridized carbons (Fsp3) is 0.182. The summed E-state index contributed by atoms with van der Waals surface area (Å²) in [5.41, 5.74) is 1.74. The molecule has 4 nitrogen and oxygen atoms in total. The maximum atomic E-state index is 13.1. The van der Waals surface area contributed by atoms with Crippen molar-refractivity contribution < 1.29 is 14.0 Å². The third-order valence-corrected chi connectivity index (χ3v) is 4.30. The van der Waals surface area contributed by atoms with Crippen LogP contribution in [-0.2, 0) is 22.4 Å². The first-order valence-corrected chi connectivity index (χ1v) is 8.86. The summed E-state index contributed by atoms with van der Waals surface area (Å²) >= 11 is 0. The molecule has 2 N–H and O–H groups in total. The van der Waals surface area contributed by atoms with Crippen molar-refractivity contribution in [3.05, 3.63) is 83.7 Å². The van der Waals surface area contributed by atoms with E-state index in [4.69, 9.17) is 0 Å². The molecule has 0 aliphatic rings. The molecular formula is C22H21FN2O2. The van der Waals surface area contributed by atoms with Gasteiger partial charge in [0, 0.05) is 6.54 Å². The van der Waals surface area contributed by atoms with Gasteiger partial charge in [-0.1, -0.05) is 54.6 Å². The van der Waals surface area contributed by atoms with Crippen molar-refractivity contribution >= 4 is 22.6 Å². The quantitative estimate of drug-likeness (QED) is 0.677. The zero-order chi connectivity index (χ0) is 19.1. The summed E-state index contributed by atoms with van der Waals surface area (Å²) in [6.07, 6.45) is 0.755. The Hall–Kier alpha value is -3.21. The van der Waals surface area contributed by atoms with Gasteiger partial charge in [0.1, 0.15) is 5.82 Å². The average Bonchev–Trinajstić information content (AvgIpc) is 2.67. The predicted octanol–water partition coefficient (Wildman–Crippen LogP) is 3.00. The second kappa shape index (κ2) is 8.94. The number of rotatable bonds is 7. The van der Waals surface area contributed by atoms with Crippen LogP contribution in [0, 0.1) is 5.82 Å². The number of hydrogen-bond donors (Lipinski definition) is 2. The van der Waals surface area contributed by atoms with E-state index in [2.05, 4.69) is 10.6 Å². The van der Waals surface area contributed by atoms with E-state index in [1.807, 2.05) is 42.5 Å². The summed E-state index contributed by atoms with van der Waals surface area (Å²) in [5, 5.41) is 7.48. The Bertz CT molecular complexity index is 950. The van der Waals surface area contributed by atoms with Crippen molar-refractivity contribution in [3.63, 3.8) is 0 Å². The molecule has 0 saturated carbocycles. The van der Waals surface area contributed by atoms with Crippen LogP contribution in [0.25, 0.3) is 10.8 Å². The molecule has 0 fully saturated rings. The summed E-state index contributed by atoms with van der Waals surface area (Å²) in [4.78, 5) is 24.0. The summed E-state index contributed by atoms with van der Waals surface area (Å²) in [6, 6.07) is 20.0. The average molecular weight is 364 g/mol. The Morgan fingerprint density at radius 3 is 2.48 bits per heavy atom. The van der Waals surface area contributed by atoms with Gasteiger partial charge in [-0.05, 0) is 40.5 Å². The molecule has 0 bridgehead atoms. The van der Waals surface area contributed by atoms with E-state index < -0.39 is 0 Å². The topological polar surface area (TPSA) is 58.2 Å². The number of carbonyl (C=O) groups excluding carboxylic acids is 2. The maximum Gasteiger partial charge on any atom is 0.239 e. The molecule has 3 rings (SSSR count). The highest BCUT2D eigenvalue weighted by Crippen LogP contribution is 2.18. The van der Waals surface area contributed by atoms with Crippen LogP contribution in [0.15, 0.2) is 66.7 Å². The van der Waals surface area contributed by atoms with E-state index in [1.165, 1.54) is 12.1 Å². The molecule has 0 atom stereocenters. The van der Waals surface area contributed by atoms with E-state index in [0.29, 0.717) is 13.0 Å². The molecule has 0 radical (unpaired) electrons. The maximum absolute atomic E-state index is 13.1. The van der Waals surface area contributed by atoms with Gasteiger partial charge in [0.15, 0.2) is 0 Å². The van der Waals surface area contributed by atoms with Gasteiger partial charge in [0.25, 0.3) is 0 Å². The molecule has 0 unspecified atom stereocenters. The zero-order valence-corrected chi connectivity index (χ0v) is 14.9. The van der Waals surface area contributed by atoms with E-state index in [9.17, 15) is 14.0 Å². The molecule has 0 aliphatic carbocycles. The number of benzene rings is 3. The van der Waals surface area contributed by atoms with Crippen LogP contribution in [0.5, 0.6) is 0 Å². The SMILES string of the molecule is O=C(CNC(=O)Cc1cccc2ccccc12)NCCc1cccc(F)c1. The largest absolute Gasteiger partial charge is 0.354 e. The fourth-order valence-electron chi connectivity index (χ4n) is 2.96. The number of amides is 2. The lowest BCUT2D eigenvalue weighted by atomic mass is 10.0. The molecule has 0 aliphatic heterocycles. The first-order chi connectivity index (χ1) is 13.1. The third-order valence-electron chi connectivity index (χ3n) is 4.30. The molecule has 3 aromatic rings. The van der Waals surface area contributed by atoms with Gasteiger partial charge in [-0.2, -0.15) is 0 Å². The van der Waals surface area contributed by atoms with Crippen molar-refractivity contribution in [2.75, 3.05) is 13.1 Å². The second-order valence-corrected chi connectivity index (χ2v) is 6.32. The van der Waals surface area contributed by atoms with Gasteiger partial charge in [-0.3, -0.25) is 9.59 Å². The molecule has 0 heterocycles. The molecule has 2 amide bonds. The smallest absolute Gasteiger partial charge is 0.239 e. The highest BCUT2D eigenvalue weighted by atomic mass is 19.1. The summed E-state index contributed by atoms with van der Waals surface area (Å²) in [5.74, 6) is -0.760. The number of halogens is 1. The summed E-state index contributed by atoms with van der Waals surface area (Å²) in [6.45, 7) is 0.314. The Morgan fingerprint density at radius 2 is 1.63 bits per heavy atom. The van der Waals surface area contributed by atoms with Crippen molar-refractivity contribution in [3.8, 4) is 0 Å². The van der Waals surface area contributed by atoms with E-state index >= 15 is 0 Å². The minimum absolute atomic E-state index is 0.0766. The Balaban J connectivity index is 1.44. The Labute approximate surface area is 157 Å². The van der Waals surface area contributed by atoms with Gasteiger partial charge in [0.05, 0.1) is 13.0 Å². The standard InChI is InChI=1S/C22H21FN2O2/c23-19-9-3-5-16(13-19)11-12-24-22(27)15-25-21(26)14-18-8-4-7-17-6-1-2-10-20(17)18/h1-10,13H,11-12,14-15H2,(H,24,27)(H,25,26).